The lowest BCUT2D eigenvalue weighted by atomic mass is 10.1. The third-order valence-electron chi connectivity index (χ3n) is 3.64. The van der Waals surface area contributed by atoms with Crippen LogP contribution in [0, 0.1) is 0 Å². The molecule has 0 spiro atoms. The summed E-state index contributed by atoms with van der Waals surface area (Å²) in [5.74, 6) is 1.03. The smallest absolute Gasteiger partial charge is 0.244 e. The molecule has 0 bridgehead atoms. The number of benzene rings is 2. The summed E-state index contributed by atoms with van der Waals surface area (Å²) in [6.45, 7) is 1.93. The average molecular weight is 414 g/mol. The SMILES string of the molecule is CC[C@H](NS(=O)(=O)c1cc(Br)ccc1OC)c1ccc(OC)cc1. The molecule has 0 unspecified atom stereocenters. The Morgan fingerprint density at radius 2 is 1.75 bits per heavy atom. The molecule has 0 saturated heterocycles. The van der Waals surface area contributed by atoms with Crippen molar-refractivity contribution in [3.05, 3.63) is 52.5 Å². The van der Waals surface area contributed by atoms with Gasteiger partial charge in [-0.05, 0) is 42.3 Å². The van der Waals surface area contributed by atoms with E-state index in [-0.39, 0.29) is 10.9 Å². The Kier molecular flexibility index (Phi) is 6.26. The Hall–Kier alpha value is -1.57. The molecular weight excluding hydrogens is 394 g/mol. The second kappa shape index (κ2) is 8.00. The zero-order valence-electron chi connectivity index (χ0n) is 13.7. The van der Waals surface area contributed by atoms with Crippen LogP contribution in [0.2, 0.25) is 0 Å². The average Bonchev–Trinajstić information content (AvgIpc) is 2.59. The minimum Gasteiger partial charge on any atom is -0.497 e. The number of ether oxygens (including phenoxy) is 2. The van der Waals surface area contributed by atoms with Crippen LogP contribution in [0.5, 0.6) is 11.5 Å². The molecule has 0 amide bonds. The van der Waals surface area contributed by atoms with Gasteiger partial charge in [0.1, 0.15) is 16.4 Å². The van der Waals surface area contributed by atoms with Crippen molar-refractivity contribution in [2.45, 2.75) is 24.3 Å². The van der Waals surface area contributed by atoms with Crippen molar-refractivity contribution in [2.24, 2.45) is 0 Å². The number of hydrogen-bond acceptors (Lipinski definition) is 4. The van der Waals surface area contributed by atoms with E-state index in [2.05, 4.69) is 20.7 Å². The molecule has 7 heteroatoms. The van der Waals surface area contributed by atoms with E-state index in [0.29, 0.717) is 16.6 Å². The zero-order valence-corrected chi connectivity index (χ0v) is 16.1. The summed E-state index contributed by atoms with van der Waals surface area (Å²) >= 11 is 3.30. The van der Waals surface area contributed by atoms with Gasteiger partial charge in [0.15, 0.2) is 0 Å². The van der Waals surface area contributed by atoms with Crippen molar-refractivity contribution in [1.82, 2.24) is 4.72 Å². The number of nitrogens with one attached hydrogen (secondary N) is 1. The Morgan fingerprint density at radius 3 is 2.29 bits per heavy atom. The largest absolute Gasteiger partial charge is 0.497 e. The van der Waals surface area contributed by atoms with Gasteiger partial charge < -0.3 is 9.47 Å². The zero-order chi connectivity index (χ0) is 17.7. The summed E-state index contributed by atoms with van der Waals surface area (Å²) < 4.78 is 39.3. The monoisotopic (exact) mass is 413 g/mol. The molecule has 24 heavy (non-hydrogen) atoms. The van der Waals surface area contributed by atoms with Crippen molar-refractivity contribution in [1.29, 1.82) is 0 Å². The van der Waals surface area contributed by atoms with Crippen LogP contribution in [0.4, 0.5) is 0 Å². The van der Waals surface area contributed by atoms with E-state index in [9.17, 15) is 8.42 Å². The maximum atomic E-state index is 12.8. The van der Waals surface area contributed by atoms with Crippen molar-refractivity contribution >= 4 is 26.0 Å². The lowest BCUT2D eigenvalue weighted by Gasteiger charge is -2.19. The minimum absolute atomic E-state index is 0.103. The maximum absolute atomic E-state index is 12.8. The van der Waals surface area contributed by atoms with Crippen molar-refractivity contribution in [3.8, 4) is 11.5 Å². The van der Waals surface area contributed by atoms with Gasteiger partial charge in [0.25, 0.3) is 0 Å². The van der Waals surface area contributed by atoms with E-state index < -0.39 is 10.0 Å². The van der Waals surface area contributed by atoms with Crippen LogP contribution in [0.15, 0.2) is 51.8 Å². The number of hydrogen-bond donors (Lipinski definition) is 1. The van der Waals surface area contributed by atoms with E-state index in [1.165, 1.54) is 13.2 Å². The molecular formula is C17H20BrNO4S. The molecule has 1 atom stereocenters. The molecule has 0 aliphatic rings. The first-order valence-corrected chi connectivity index (χ1v) is 9.68. The summed E-state index contributed by atoms with van der Waals surface area (Å²) in [5.41, 5.74) is 0.871. The molecule has 2 rings (SSSR count). The third kappa shape index (κ3) is 4.28. The van der Waals surface area contributed by atoms with Gasteiger partial charge in [-0.3, -0.25) is 0 Å². The van der Waals surface area contributed by atoms with Gasteiger partial charge in [-0.25, -0.2) is 13.1 Å². The van der Waals surface area contributed by atoms with Crippen LogP contribution < -0.4 is 14.2 Å². The fraction of sp³-hybridized carbons (Fsp3) is 0.294. The minimum atomic E-state index is -3.74. The van der Waals surface area contributed by atoms with Gasteiger partial charge in [0.05, 0.1) is 14.2 Å². The summed E-state index contributed by atoms with van der Waals surface area (Å²) in [5, 5.41) is 0. The van der Waals surface area contributed by atoms with Gasteiger partial charge in [0.2, 0.25) is 10.0 Å². The topological polar surface area (TPSA) is 64.6 Å². The highest BCUT2D eigenvalue weighted by Crippen LogP contribution is 2.29. The Morgan fingerprint density at radius 1 is 1.08 bits per heavy atom. The predicted octanol–water partition coefficient (Wildman–Crippen LogP) is 3.90. The Labute approximate surface area is 151 Å². The van der Waals surface area contributed by atoms with E-state index in [1.807, 2.05) is 31.2 Å². The second-order valence-corrected chi connectivity index (χ2v) is 7.75. The molecule has 5 nitrogen and oxygen atoms in total. The first kappa shape index (κ1) is 18.8. The first-order valence-electron chi connectivity index (χ1n) is 7.41. The first-order chi connectivity index (χ1) is 11.4. The van der Waals surface area contributed by atoms with E-state index in [0.717, 1.165) is 11.3 Å². The highest BCUT2D eigenvalue weighted by molar-refractivity contribution is 9.10. The Bertz CT molecular complexity index is 791. The molecule has 0 heterocycles. The lowest BCUT2D eigenvalue weighted by Crippen LogP contribution is -2.28. The maximum Gasteiger partial charge on any atom is 0.244 e. The summed E-state index contributed by atoms with van der Waals surface area (Å²) in [6, 6.07) is 11.9. The summed E-state index contributed by atoms with van der Waals surface area (Å²) in [7, 11) is -0.698. The number of rotatable bonds is 7. The molecule has 0 fully saturated rings. The molecule has 0 aromatic heterocycles. The van der Waals surface area contributed by atoms with Gasteiger partial charge in [-0.2, -0.15) is 0 Å². The van der Waals surface area contributed by atoms with Gasteiger partial charge in [-0.15, -0.1) is 0 Å². The van der Waals surface area contributed by atoms with Crippen LogP contribution in [0.1, 0.15) is 24.9 Å². The van der Waals surface area contributed by atoms with Crippen molar-refractivity contribution in [2.75, 3.05) is 14.2 Å². The second-order valence-electron chi connectivity index (χ2n) is 5.15. The van der Waals surface area contributed by atoms with Gasteiger partial charge in [0, 0.05) is 10.5 Å². The number of methoxy groups -OCH3 is 2. The quantitative estimate of drug-likeness (QED) is 0.747. The van der Waals surface area contributed by atoms with Crippen LogP contribution in [-0.2, 0) is 10.0 Å². The summed E-state index contributed by atoms with van der Waals surface area (Å²) in [4.78, 5) is 0.103. The van der Waals surface area contributed by atoms with E-state index in [4.69, 9.17) is 9.47 Å². The highest BCUT2D eigenvalue weighted by atomic mass is 79.9. The molecule has 2 aromatic carbocycles. The standard InChI is InChI=1S/C17H20BrNO4S/c1-4-15(12-5-8-14(22-2)9-6-12)19-24(20,21)17-11-13(18)7-10-16(17)23-3/h5-11,15,19H,4H2,1-3H3/t15-/m0/s1. The number of halogens is 1. The van der Waals surface area contributed by atoms with Crippen LogP contribution in [0.3, 0.4) is 0 Å². The molecule has 2 aromatic rings. The van der Waals surface area contributed by atoms with Crippen LogP contribution in [-0.4, -0.2) is 22.6 Å². The summed E-state index contributed by atoms with van der Waals surface area (Å²) in [6.07, 6.45) is 0.613. The predicted molar refractivity (Wildman–Crippen MR) is 97.0 cm³/mol. The van der Waals surface area contributed by atoms with Crippen LogP contribution in [0.25, 0.3) is 0 Å². The van der Waals surface area contributed by atoms with Crippen molar-refractivity contribution in [3.63, 3.8) is 0 Å². The number of sulfonamides is 1. The fourth-order valence-corrected chi connectivity index (χ4v) is 4.35. The lowest BCUT2D eigenvalue weighted by molar-refractivity contribution is 0.401. The molecule has 0 aliphatic carbocycles. The normalized spacial score (nSPS) is 12.7. The fourth-order valence-electron chi connectivity index (χ4n) is 2.33. The van der Waals surface area contributed by atoms with E-state index >= 15 is 0 Å². The molecule has 0 aliphatic heterocycles. The van der Waals surface area contributed by atoms with Gasteiger partial charge >= 0.3 is 0 Å². The van der Waals surface area contributed by atoms with Crippen LogP contribution >= 0.6 is 15.9 Å². The molecule has 0 radical (unpaired) electrons. The highest BCUT2D eigenvalue weighted by Gasteiger charge is 2.24. The molecule has 0 saturated carbocycles. The van der Waals surface area contributed by atoms with Gasteiger partial charge in [-0.1, -0.05) is 35.0 Å². The van der Waals surface area contributed by atoms with Crippen molar-refractivity contribution < 1.29 is 17.9 Å². The third-order valence-corrected chi connectivity index (χ3v) is 5.63. The van der Waals surface area contributed by atoms with E-state index in [1.54, 1.807) is 19.2 Å². The molecule has 1 N–H and O–H groups in total. The molecule has 130 valence electrons. The Balaban J connectivity index is 2.33.